The van der Waals surface area contributed by atoms with Gasteiger partial charge in [0.1, 0.15) is 0 Å². The molecule has 0 fully saturated rings. The first-order chi connectivity index (χ1) is 3.13. The topological polar surface area (TPSA) is 65.1 Å². The minimum absolute atomic E-state index is 0. The zero-order valence-corrected chi connectivity index (χ0v) is 10.0. The molecule has 0 heterocycles. The molecule has 6 heteroatoms. The van der Waals surface area contributed by atoms with Crippen molar-refractivity contribution < 1.29 is 0 Å². The molecular formula is C3H12I2N4. The van der Waals surface area contributed by atoms with Gasteiger partial charge in [-0.05, 0) is 0 Å². The largest absolute Gasteiger partial charge is 0.369 e. The van der Waals surface area contributed by atoms with Crippen LogP contribution < -0.4 is 11.2 Å². The number of nitrogens with two attached hydrogens (primary N) is 1. The second kappa shape index (κ2) is 8.69. The number of hydrogen-bond acceptors (Lipinski definition) is 2. The Bertz CT molecular complexity index is 74.2. The maximum absolute atomic E-state index is 6.65. The Morgan fingerprint density at radius 3 is 1.78 bits per heavy atom. The Morgan fingerprint density at radius 2 is 1.78 bits per heavy atom. The van der Waals surface area contributed by atoms with E-state index in [2.05, 4.69) is 5.43 Å². The second-order valence-corrected chi connectivity index (χ2v) is 1.42. The van der Waals surface area contributed by atoms with Crippen LogP contribution in [0, 0.1) is 5.41 Å². The molecule has 0 aliphatic carbocycles. The lowest BCUT2D eigenvalue weighted by molar-refractivity contribution is 0.359. The molecule has 0 saturated carbocycles. The van der Waals surface area contributed by atoms with Crippen molar-refractivity contribution in [3.8, 4) is 0 Å². The van der Waals surface area contributed by atoms with Gasteiger partial charge in [0.2, 0.25) is 5.96 Å². The molecule has 0 bridgehead atoms. The maximum atomic E-state index is 6.65. The van der Waals surface area contributed by atoms with Gasteiger partial charge in [0.15, 0.2) is 0 Å². The van der Waals surface area contributed by atoms with Crippen molar-refractivity contribution in [3.63, 3.8) is 0 Å². The van der Waals surface area contributed by atoms with E-state index in [0.717, 1.165) is 0 Å². The molecule has 0 saturated heterocycles. The van der Waals surface area contributed by atoms with Crippen LogP contribution in [0.3, 0.4) is 0 Å². The minimum Gasteiger partial charge on any atom is -0.369 e. The van der Waals surface area contributed by atoms with E-state index in [-0.39, 0.29) is 53.9 Å². The summed E-state index contributed by atoms with van der Waals surface area (Å²) >= 11 is 0. The molecule has 0 aromatic rings. The van der Waals surface area contributed by atoms with Crippen molar-refractivity contribution in [2.45, 2.75) is 0 Å². The second-order valence-electron chi connectivity index (χ2n) is 1.42. The van der Waals surface area contributed by atoms with Crippen molar-refractivity contribution in [3.05, 3.63) is 0 Å². The molecule has 0 spiro atoms. The number of rotatable bonds is 1. The third-order valence-corrected chi connectivity index (χ3v) is 0.344. The smallest absolute Gasteiger partial charge is 0.200 e. The van der Waals surface area contributed by atoms with Crippen molar-refractivity contribution >= 4 is 53.9 Å². The van der Waals surface area contributed by atoms with Crippen LogP contribution in [0.1, 0.15) is 0 Å². The summed E-state index contributed by atoms with van der Waals surface area (Å²) in [6.07, 6.45) is 0. The molecule has 4 nitrogen and oxygen atoms in total. The predicted octanol–water partition coefficient (Wildman–Crippen LogP) is 0.182. The van der Waals surface area contributed by atoms with Crippen molar-refractivity contribution in [2.75, 3.05) is 14.1 Å². The molecule has 0 radical (unpaired) electrons. The summed E-state index contributed by atoms with van der Waals surface area (Å²) in [5.41, 5.74) is 7.42. The highest BCUT2D eigenvalue weighted by atomic mass is 127. The van der Waals surface area contributed by atoms with Crippen LogP contribution in [0.2, 0.25) is 0 Å². The number of halogens is 2. The fourth-order valence-corrected chi connectivity index (χ4v) is 0.241. The van der Waals surface area contributed by atoms with Gasteiger partial charge in [0.05, 0.1) is 0 Å². The van der Waals surface area contributed by atoms with Gasteiger partial charge in [-0.3, -0.25) is 10.8 Å². The molecule has 0 aliphatic heterocycles. The molecule has 0 amide bonds. The van der Waals surface area contributed by atoms with Crippen LogP contribution in [-0.2, 0) is 0 Å². The summed E-state index contributed by atoms with van der Waals surface area (Å²) in [6, 6.07) is 0. The maximum Gasteiger partial charge on any atom is 0.200 e. The van der Waals surface area contributed by atoms with E-state index < -0.39 is 0 Å². The van der Waals surface area contributed by atoms with Gasteiger partial charge in [-0.1, -0.05) is 0 Å². The zero-order chi connectivity index (χ0) is 5.86. The number of hydrogen-bond donors (Lipinski definition) is 3. The van der Waals surface area contributed by atoms with Gasteiger partial charge < -0.3 is 5.73 Å². The number of nitrogens with zero attached hydrogens (tertiary/aromatic N) is 1. The zero-order valence-electron chi connectivity index (χ0n) is 5.34. The molecular weight excluding hydrogens is 346 g/mol. The monoisotopic (exact) mass is 358 g/mol. The van der Waals surface area contributed by atoms with Gasteiger partial charge in [0, 0.05) is 14.1 Å². The van der Waals surface area contributed by atoms with Gasteiger partial charge in [-0.15, -0.1) is 48.0 Å². The number of hydrazine groups is 1. The SMILES string of the molecule is CN(C)NC(=N)N.I.I. The number of nitrogens with one attached hydrogen (secondary N) is 2. The van der Waals surface area contributed by atoms with E-state index >= 15 is 0 Å². The Morgan fingerprint density at radius 1 is 1.44 bits per heavy atom. The lowest BCUT2D eigenvalue weighted by Gasteiger charge is -2.09. The third kappa shape index (κ3) is 17.7. The predicted molar refractivity (Wildman–Crippen MR) is 59.6 cm³/mol. The molecule has 4 N–H and O–H groups in total. The summed E-state index contributed by atoms with van der Waals surface area (Å²) in [6.45, 7) is 0. The van der Waals surface area contributed by atoms with Crippen LogP contribution >= 0.6 is 48.0 Å². The summed E-state index contributed by atoms with van der Waals surface area (Å²) in [4.78, 5) is 0. The van der Waals surface area contributed by atoms with E-state index in [1.54, 1.807) is 19.1 Å². The van der Waals surface area contributed by atoms with Crippen molar-refractivity contribution in [1.29, 1.82) is 5.41 Å². The summed E-state index contributed by atoms with van der Waals surface area (Å²) < 4.78 is 0. The normalized spacial score (nSPS) is 7.00. The van der Waals surface area contributed by atoms with E-state index in [1.807, 2.05) is 0 Å². The quantitative estimate of drug-likeness (QED) is 0.271. The average Bonchev–Trinajstić information content (AvgIpc) is 1.27. The van der Waals surface area contributed by atoms with E-state index in [4.69, 9.17) is 11.1 Å². The molecule has 0 aromatic carbocycles. The van der Waals surface area contributed by atoms with E-state index in [9.17, 15) is 0 Å². The average molecular weight is 358 g/mol. The first kappa shape index (κ1) is 16.3. The van der Waals surface area contributed by atoms with Gasteiger partial charge in [-0.2, -0.15) is 0 Å². The van der Waals surface area contributed by atoms with Crippen molar-refractivity contribution in [2.24, 2.45) is 5.73 Å². The molecule has 58 valence electrons. The fraction of sp³-hybridized carbons (Fsp3) is 0.667. The van der Waals surface area contributed by atoms with E-state index in [1.165, 1.54) is 0 Å². The molecule has 0 atom stereocenters. The molecule has 0 aliphatic rings. The molecule has 9 heavy (non-hydrogen) atoms. The van der Waals surface area contributed by atoms with Crippen LogP contribution in [0.4, 0.5) is 0 Å². The highest BCUT2D eigenvalue weighted by molar-refractivity contribution is 14.0. The Kier molecular flexibility index (Phi) is 15.8. The van der Waals surface area contributed by atoms with Gasteiger partial charge >= 0.3 is 0 Å². The summed E-state index contributed by atoms with van der Waals surface area (Å²) in [5.74, 6) is -0.0370. The van der Waals surface area contributed by atoms with E-state index in [0.29, 0.717) is 0 Å². The first-order valence-corrected chi connectivity index (χ1v) is 1.91. The van der Waals surface area contributed by atoms with Crippen LogP contribution in [0.5, 0.6) is 0 Å². The lowest BCUT2D eigenvalue weighted by Crippen LogP contribution is -2.40. The Hall–Kier alpha value is 0.690. The van der Waals surface area contributed by atoms with Gasteiger partial charge in [0.25, 0.3) is 0 Å². The fourth-order valence-electron chi connectivity index (χ4n) is 0.241. The third-order valence-electron chi connectivity index (χ3n) is 0.344. The summed E-state index contributed by atoms with van der Waals surface area (Å²) in [7, 11) is 3.53. The Labute approximate surface area is 89.1 Å². The van der Waals surface area contributed by atoms with Gasteiger partial charge in [-0.25, -0.2) is 5.01 Å². The van der Waals surface area contributed by atoms with Crippen LogP contribution in [0.25, 0.3) is 0 Å². The highest BCUT2D eigenvalue weighted by Gasteiger charge is 1.83. The Balaban J connectivity index is -0.000000180. The molecule has 0 aromatic heterocycles. The standard InChI is InChI=1S/C3H10N4.2HI/c1-7(2)6-3(4)5;;/h1-2H3,(H4,4,5,6);2*1H. The van der Waals surface area contributed by atoms with Crippen LogP contribution in [0.15, 0.2) is 0 Å². The first-order valence-electron chi connectivity index (χ1n) is 1.91. The summed E-state index contributed by atoms with van der Waals surface area (Å²) in [5, 5.41) is 8.25. The lowest BCUT2D eigenvalue weighted by atomic mass is 11.0. The molecule has 0 unspecified atom stereocenters. The molecule has 0 rings (SSSR count). The van der Waals surface area contributed by atoms with Crippen LogP contribution in [-0.4, -0.2) is 25.1 Å². The minimum atomic E-state index is -0.0370. The highest BCUT2D eigenvalue weighted by Crippen LogP contribution is 1.56. The number of guanidine groups is 1. The van der Waals surface area contributed by atoms with Crippen molar-refractivity contribution in [1.82, 2.24) is 10.4 Å².